The highest BCUT2D eigenvalue weighted by atomic mass is 19.3. The molecule has 0 atom stereocenters. The molecule has 0 aromatic carbocycles. The molecule has 1 heterocycles. The minimum Gasteiger partial charge on any atom is -0.465 e. The average Bonchev–Trinajstić information content (AvgIpc) is 2.46. The number of alkyl halides is 2. The summed E-state index contributed by atoms with van der Waals surface area (Å²) in [5, 5.41) is 5.59. The lowest BCUT2D eigenvalue weighted by Gasteiger charge is -2.00. The fraction of sp³-hybridized carbons (Fsp3) is 0.429. The van der Waals surface area contributed by atoms with Crippen LogP contribution in [0.5, 0.6) is 0 Å². The zero-order chi connectivity index (χ0) is 10.0. The minimum atomic E-state index is -2.75. The van der Waals surface area contributed by atoms with Crippen LogP contribution in [0.15, 0.2) is 0 Å². The van der Waals surface area contributed by atoms with Gasteiger partial charge in [0.1, 0.15) is 11.3 Å². The Bertz CT molecular complexity index is 322. The lowest BCUT2D eigenvalue weighted by atomic mass is 10.2. The summed E-state index contributed by atoms with van der Waals surface area (Å²) in [4.78, 5) is 11.0. The van der Waals surface area contributed by atoms with Gasteiger partial charge in [-0.15, -0.1) is 0 Å². The van der Waals surface area contributed by atoms with Gasteiger partial charge in [-0.05, 0) is 6.92 Å². The molecular weight excluding hydrogens is 182 g/mol. The van der Waals surface area contributed by atoms with Gasteiger partial charge in [-0.3, -0.25) is 5.10 Å². The van der Waals surface area contributed by atoms with Gasteiger partial charge in [0.05, 0.1) is 12.8 Å². The SMILES string of the molecule is COC(=O)c1c(C)n[nH]c1C(F)F. The highest BCUT2D eigenvalue weighted by molar-refractivity contribution is 5.91. The molecule has 0 saturated heterocycles. The Morgan fingerprint density at radius 2 is 2.23 bits per heavy atom. The number of carbonyl (C=O) groups is 1. The molecule has 0 radical (unpaired) electrons. The number of hydrogen-bond donors (Lipinski definition) is 1. The molecule has 13 heavy (non-hydrogen) atoms. The van der Waals surface area contributed by atoms with Crippen LogP contribution in [0.2, 0.25) is 0 Å². The lowest BCUT2D eigenvalue weighted by Crippen LogP contribution is -2.05. The van der Waals surface area contributed by atoms with Crippen molar-refractivity contribution in [2.75, 3.05) is 7.11 Å². The fourth-order valence-corrected chi connectivity index (χ4v) is 0.968. The molecule has 1 aromatic heterocycles. The van der Waals surface area contributed by atoms with Gasteiger partial charge in [0, 0.05) is 0 Å². The molecule has 4 nitrogen and oxygen atoms in total. The Hall–Kier alpha value is -1.46. The molecule has 0 aliphatic heterocycles. The van der Waals surface area contributed by atoms with Crippen LogP contribution in [0, 0.1) is 6.92 Å². The molecule has 0 aliphatic carbocycles. The third-order valence-electron chi connectivity index (χ3n) is 1.58. The fourth-order valence-electron chi connectivity index (χ4n) is 0.968. The van der Waals surface area contributed by atoms with E-state index in [4.69, 9.17) is 0 Å². The molecule has 0 aliphatic rings. The van der Waals surface area contributed by atoms with Gasteiger partial charge >= 0.3 is 5.97 Å². The van der Waals surface area contributed by atoms with Crippen molar-refractivity contribution in [3.8, 4) is 0 Å². The van der Waals surface area contributed by atoms with Crippen LogP contribution in [0.25, 0.3) is 0 Å². The Morgan fingerprint density at radius 1 is 1.62 bits per heavy atom. The van der Waals surface area contributed by atoms with E-state index in [1.165, 1.54) is 6.92 Å². The molecule has 0 amide bonds. The van der Waals surface area contributed by atoms with Crippen LogP contribution in [0.3, 0.4) is 0 Å². The summed E-state index contributed by atoms with van der Waals surface area (Å²) in [6.45, 7) is 1.45. The predicted molar refractivity (Wildman–Crippen MR) is 39.6 cm³/mol. The van der Waals surface area contributed by atoms with Crippen LogP contribution in [-0.2, 0) is 4.74 Å². The van der Waals surface area contributed by atoms with Crippen molar-refractivity contribution in [3.63, 3.8) is 0 Å². The molecule has 1 aromatic rings. The first kappa shape index (κ1) is 9.63. The number of nitrogens with one attached hydrogen (secondary N) is 1. The molecule has 1 rings (SSSR count). The van der Waals surface area contributed by atoms with Crippen molar-refractivity contribution in [1.29, 1.82) is 0 Å². The quantitative estimate of drug-likeness (QED) is 0.718. The van der Waals surface area contributed by atoms with Gasteiger partial charge in [0.15, 0.2) is 0 Å². The Kier molecular flexibility index (Phi) is 2.60. The van der Waals surface area contributed by atoms with Crippen molar-refractivity contribution >= 4 is 5.97 Å². The third-order valence-corrected chi connectivity index (χ3v) is 1.58. The number of aromatic nitrogens is 2. The van der Waals surface area contributed by atoms with Crippen molar-refractivity contribution in [2.45, 2.75) is 13.3 Å². The molecule has 72 valence electrons. The number of hydrogen-bond acceptors (Lipinski definition) is 3. The Balaban J connectivity index is 3.16. The molecule has 1 N–H and O–H groups in total. The third kappa shape index (κ3) is 1.66. The van der Waals surface area contributed by atoms with Crippen molar-refractivity contribution in [1.82, 2.24) is 10.2 Å². The van der Waals surface area contributed by atoms with Crippen LogP contribution in [-0.4, -0.2) is 23.3 Å². The first-order valence-electron chi connectivity index (χ1n) is 3.49. The Morgan fingerprint density at radius 3 is 2.69 bits per heavy atom. The van der Waals surface area contributed by atoms with Crippen LogP contribution in [0.4, 0.5) is 8.78 Å². The maximum Gasteiger partial charge on any atom is 0.341 e. The summed E-state index contributed by atoms with van der Waals surface area (Å²) in [5.74, 6) is -0.804. The standard InChI is InChI=1S/C7H8F2N2O2/c1-3-4(7(12)13-2)5(6(8)9)11-10-3/h6H,1-2H3,(H,10,11). The van der Waals surface area contributed by atoms with Gasteiger partial charge < -0.3 is 4.74 Å². The van der Waals surface area contributed by atoms with E-state index in [0.29, 0.717) is 0 Å². The maximum absolute atomic E-state index is 12.3. The molecule has 0 saturated carbocycles. The van der Waals surface area contributed by atoms with Crippen LogP contribution < -0.4 is 0 Å². The van der Waals surface area contributed by atoms with E-state index < -0.39 is 18.1 Å². The van der Waals surface area contributed by atoms with Gasteiger partial charge in [0.2, 0.25) is 0 Å². The van der Waals surface area contributed by atoms with E-state index in [1.807, 2.05) is 0 Å². The number of rotatable bonds is 2. The highest BCUT2D eigenvalue weighted by Gasteiger charge is 2.24. The summed E-state index contributed by atoms with van der Waals surface area (Å²) in [6.07, 6.45) is -2.75. The Labute approximate surface area is 72.9 Å². The first-order valence-corrected chi connectivity index (χ1v) is 3.49. The number of aryl methyl sites for hydroxylation is 1. The van der Waals surface area contributed by atoms with Crippen LogP contribution >= 0.6 is 0 Å². The number of nitrogens with zero attached hydrogens (tertiary/aromatic N) is 1. The molecule has 0 spiro atoms. The topological polar surface area (TPSA) is 55.0 Å². The van der Waals surface area contributed by atoms with E-state index in [9.17, 15) is 13.6 Å². The lowest BCUT2D eigenvalue weighted by molar-refractivity contribution is 0.0588. The predicted octanol–water partition coefficient (Wildman–Crippen LogP) is 1.44. The molecule has 0 fully saturated rings. The van der Waals surface area contributed by atoms with Gasteiger partial charge in [-0.25, -0.2) is 13.6 Å². The number of methoxy groups -OCH3 is 1. The van der Waals surface area contributed by atoms with Crippen LogP contribution in [0.1, 0.15) is 28.2 Å². The van der Waals surface area contributed by atoms with Gasteiger partial charge in [-0.1, -0.05) is 0 Å². The second-order valence-electron chi connectivity index (χ2n) is 2.39. The zero-order valence-electron chi connectivity index (χ0n) is 7.10. The van der Waals surface area contributed by atoms with E-state index >= 15 is 0 Å². The van der Waals surface area contributed by atoms with E-state index in [0.717, 1.165) is 7.11 Å². The van der Waals surface area contributed by atoms with Crippen molar-refractivity contribution < 1.29 is 18.3 Å². The maximum atomic E-state index is 12.3. The smallest absolute Gasteiger partial charge is 0.341 e. The average molecular weight is 190 g/mol. The summed E-state index contributed by atoms with van der Waals surface area (Å²) in [5.41, 5.74) is -0.469. The van der Waals surface area contributed by atoms with Gasteiger partial charge in [0.25, 0.3) is 6.43 Å². The van der Waals surface area contributed by atoms with E-state index in [-0.39, 0.29) is 11.3 Å². The summed E-state index contributed by atoms with van der Waals surface area (Å²) in [6, 6.07) is 0. The minimum absolute atomic E-state index is 0.183. The van der Waals surface area contributed by atoms with E-state index in [2.05, 4.69) is 14.9 Å². The summed E-state index contributed by atoms with van der Waals surface area (Å²) < 4.78 is 28.9. The highest BCUT2D eigenvalue weighted by Crippen LogP contribution is 2.22. The summed E-state index contributed by atoms with van der Waals surface area (Å²) in [7, 11) is 1.13. The first-order chi connectivity index (χ1) is 6.07. The molecule has 0 bridgehead atoms. The van der Waals surface area contributed by atoms with Crippen molar-refractivity contribution in [2.24, 2.45) is 0 Å². The molecule has 6 heteroatoms. The zero-order valence-corrected chi connectivity index (χ0v) is 7.10. The number of ether oxygens (including phenoxy) is 1. The number of halogens is 2. The van der Waals surface area contributed by atoms with E-state index in [1.54, 1.807) is 0 Å². The monoisotopic (exact) mass is 190 g/mol. The van der Waals surface area contributed by atoms with Gasteiger partial charge in [-0.2, -0.15) is 5.10 Å². The molecular formula is C7H8F2N2O2. The largest absolute Gasteiger partial charge is 0.465 e. The van der Waals surface area contributed by atoms with Crippen molar-refractivity contribution in [3.05, 3.63) is 17.0 Å². The number of carbonyl (C=O) groups excluding carboxylic acids is 1. The second kappa shape index (κ2) is 3.51. The number of H-pyrrole nitrogens is 1. The second-order valence-corrected chi connectivity index (χ2v) is 2.39. The molecule has 0 unspecified atom stereocenters. The summed E-state index contributed by atoms with van der Waals surface area (Å²) >= 11 is 0. The number of esters is 1. The number of aromatic amines is 1. The normalized spacial score (nSPS) is 10.5.